The second-order valence-corrected chi connectivity index (χ2v) is 4.21. The Kier molecular flexibility index (Phi) is 3.33. The number of hydrogen-bond donors (Lipinski definition) is 2. The maximum Gasteiger partial charge on any atom is 0.0446 e. The Morgan fingerprint density at radius 3 is 2.29 bits per heavy atom. The number of nitrogens with two attached hydrogens (primary N) is 2. The van der Waals surface area contributed by atoms with E-state index in [2.05, 4.69) is 19.1 Å². The fourth-order valence-electron chi connectivity index (χ4n) is 2.08. The quantitative estimate of drug-likeness (QED) is 0.787. The lowest BCUT2D eigenvalue weighted by Crippen LogP contribution is -2.02. The Morgan fingerprint density at radius 1 is 0.941 bits per heavy atom. The van der Waals surface area contributed by atoms with E-state index in [1.165, 1.54) is 0 Å². The zero-order valence-corrected chi connectivity index (χ0v) is 10.1. The summed E-state index contributed by atoms with van der Waals surface area (Å²) in [4.78, 5) is 0. The van der Waals surface area contributed by atoms with Gasteiger partial charge in [0.1, 0.15) is 0 Å². The zero-order valence-electron chi connectivity index (χ0n) is 10.1. The van der Waals surface area contributed by atoms with Crippen molar-refractivity contribution in [2.75, 3.05) is 11.5 Å². The zero-order chi connectivity index (χ0) is 12.3. The summed E-state index contributed by atoms with van der Waals surface area (Å²) in [6.45, 7) is 2.13. The highest BCUT2D eigenvalue weighted by atomic mass is 14.6. The minimum atomic E-state index is 0.795. The third-order valence-corrected chi connectivity index (χ3v) is 2.98. The van der Waals surface area contributed by atoms with Crippen LogP contribution in [0.15, 0.2) is 42.5 Å². The summed E-state index contributed by atoms with van der Waals surface area (Å²) in [5, 5.41) is 0. The fourth-order valence-corrected chi connectivity index (χ4v) is 2.08. The molecule has 0 aliphatic carbocycles. The maximum atomic E-state index is 6.22. The Morgan fingerprint density at radius 2 is 1.65 bits per heavy atom. The van der Waals surface area contributed by atoms with Gasteiger partial charge in [-0.25, -0.2) is 0 Å². The van der Waals surface area contributed by atoms with Crippen LogP contribution in [0.5, 0.6) is 0 Å². The summed E-state index contributed by atoms with van der Waals surface area (Å²) in [6.07, 6.45) is 1.98. The summed E-state index contributed by atoms with van der Waals surface area (Å²) in [5.74, 6) is 0. The average Bonchev–Trinajstić information content (AvgIpc) is 2.36. The highest BCUT2D eigenvalue weighted by molar-refractivity contribution is 5.82. The molecule has 17 heavy (non-hydrogen) atoms. The molecule has 0 saturated carbocycles. The molecule has 2 rings (SSSR count). The third-order valence-electron chi connectivity index (χ3n) is 2.98. The van der Waals surface area contributed by atoms with Crippen LogP contribution in [0.2, 0.25) is 0 Å². The molecule has 0 bridgehead atoms. The number of benzene rings is 2. The minimum Gasteiger partial charge on any atom is -0.398 e. The van der Waals surface area contributed by atoms with E-state index in [0.717, 1.165) is 40.9 Å². The van der Waals surface area contributed by atoms with Crippen LogP contribution >= 0.6 is 0 Å². The average molecular weight is 226 g/mol. The lowest BCUT2D eigenvalue weighted by Gasteiger charge is -2.13. The molecular formula is C15H18N2. The number of hydrogen-bond acceptors (Lipinski definition) is 2. The van der Waals surface area contributed by atoms with E-state index in [9.17, 15) is 0 Å². The molecule has 0 aliphatic rings. The van der Waals surface area contributed by atoms with Gasteiger partial charge < -0.3 is 11.5 Å². The normalized spacial score (nSPS) is 10.4. The first-order valence-electron chi connectivity index (χ1n) is 5.96. The molecule has 2 aromatic carbocycles. The molecule has 0 amide bonds. The van der Waals surface area contributed by atoms with Crippen LogP contribution in [0.4, 0.5) is 11.4 Å². The molecule has 0 spiro atoms. The van der Waals surface area contributed by atoms with E-state index in [1.54, 1.807) is 0 Å². The van der Waals surface area contributed by atoms with Crippen molar-refractivity contribution in [1.82, 2.24) is 0 Å². The maximum absolute atomic E-state index is 6.22. The van der Waals surface area contributed by atoms with Crippen molar-refractivity contribution in [3.05, 3.63) is 48.0 Å². The van der Waals surface area contributed by atoms with Gasteiger partial charge in [-0.1, -0.05) is 49.7 Å². The summed E-state index contributed by atoms with van der Waals surface area (Å²) >= 11 is 0. The van der Waals surface area contributed by atoms with E-state index in [-0.39, 0.29) is 0 Å². The van der Waals surface area contributed by atoms with Gasteiger partial charge in [0.25, 0.3) is 0 Å². The molecule has 0 saturated heterocycles. The highest BCUT2D eigenvalue weighted by Gasteiger charge is 2.09. The van der Waals surface area contributed by atoms with Crippen LogP contribution in [0.3, 0.4) is 0 Å². The number of anilines is 2. The first-order chi connectivity index (χ1) is 8.24. The lowest BCUT2D eigenvalue weighted by atomic mass is 9.97. The van der Waals surface area contributed by atoms with E-state index in [1.807, 2.05) is 30.3 Å². The molecule has 2 aromatic rings. The topological polar surface area (TPSA) is 52.0 Å². The van der Waals surface area contributed by atoms with Crippen LogP contribution < -0.4 is 11.5 Å². The minimum absolute atomic E-state index is 0.795. The summed E-state index contributed by atoms with van der Waals surface area (Å²) in [7, 11) is 0. The molecule has 2 heteroatoms. The molecule has 0 radical (unpaired) electrons. The van der Waals surface area contributed by atoms with Crippen LogP contribution in [0.1, 0.15) is 18.9 Å². The van der Waals surface area contributed by atoms with Crippen LogP contribution in [-0.2, 0) is 6.42 Å². The van der Waals surface area contributed by atoms with Crippen molar-refractivity contribution in [3.8, 4) is 11.1 Å². The highest BCUT2D eigenvalue weighted by Crippen LogP contribution is 2.32. The molecule has 0 unspecified atom stereocenters. The van der Waals surface area contributed by atoms with Gasteiger partial charge in [-0.05, 0) is 23.6 Å². The number of rotatable bonds is 3. The van der Waals surface area contributed by atoms with Crippen molar-refractivity contribution in [2.45, 2.75) is 19.8 Å². The predicted molar refractivity (Wildman–Crippen MR) is 74.7 cm³/mol. The molecule has 0 fully saturated rings. The molecule has 2 nitrogen and oxygen atoms in total. The van der Waals surface area contributed by atoms with Crippen LogP contribution in [-0.4, -0.2) is 0 Å². The molecular weight excluding hydrogens is 208 g/mol. The SMILES string of the molecule is CCCc1c(N)ccc(-c2ccccc2)c1N. The molecule has 0 aromatic heterocycles. The van der Waals surface area contributed by atoms with Gasteiger partial charge in [0.2, 0.25) is 0 Å². The van der Waals surface area contributed by atoms with Crippen molar-refractivity contribution >= 4 is 11.4 Å². The second kappa shape index (κ2) is 4.91. The summed E-state index contributed by atoms with van der Waals surface area (Å²) in [6, 6.07) is 14.1. The van der Waals surface area contributed by atoms with E-state index < -0.39 is 0 Å². The van der Waals surface area contributed by atoms with Crippen molar-refractivity contribution in [1.29, 1.82) is 0 Å². The van der Waals surface area contributed by atoms with E-state index in [4.69, 9.17) is 11.5 Å². The first-order valence-corrected chi connectivity index (χ1v) is 5.96. The Bertz CT molecular complexity index is 504. The first kappa shape index (κ1) is 11.5. The molecule has 4 N–H and O–H groups in total. The van der Waals surface area contributed by atoms with Crippen molar-refractivity contribution in [2.24, 2.45) is 0 Å². The van der Waals surface area contributed by atoms with Gasteiger partial charge >= 0.3 is 0 Å². The fraction of sp³-hybridized carbons (Fsp3) is 0.200. The van der Waals surface area contributed by atoms with Gasteiger partial charge in [-0.15, -0.1) is 0 Å². The monoisotopic (exact) mass is 226 g/mol. The molecule has 0 atom stereocenters. The van der Waals surface area contributed by atoms with Gasteiger partial charge in [0, 0.05) is 16.9 Å². The largest absolute Gasteiger partial charge is 0.398 e. The van der Waals surface area contributed by atoms with Crippen LogP contribution in [0.25, 0.3) is 11.1 Å². The van der Waals surface area contributed by atoms with Gasteiger partial charge in [0.05, 0.1) is 0 Å². The van der Waals surface area contributed by atoms with E-state index in [0.29, 0.717) is 0 Å². The second-order valence-electron chi connectivity index (χ2n) is 4.21. The summed E-state index contributed by atoms with van der Waals surface area (Å²) in [5.41, 5.74) is 17.1. The molecule has 0 aliphatic heterocycles. The smallest absolute Gasteiger partial charge is 0.0446 e. The van der Waals surface area contributed by atoms with Gasteiger partial charge in [-0.3, -0.25) is 0 Å². The standard InChI is InChI=1S/C15H18N2/c1-2-6-13-14(16)10-9-12(15(13)17)11-7-4-3-5-8-11/h3-5,7-10H,2,6,16-17H2,1H3. The van der Waals surface area contributed by atoms with Crippen LogP contribution in [0, 0.1) is 0 Å². The Labute approximate surface area is 102 Å². The Balaban J connectivity index is 2.53. The van der Waals surface area contributed by atoms with Crippen molar-refractivity contribution < 1.29 is 0 Å². The molecule has 88 valence electrons. The lowest BCUT2D eigenvalue weighted by molar-refractivity contribution is 0.927. The predicted octanol–water partition coefficient (Wildman–Crippen LogP) is 3.47. The van der Waals surface area contributed by atoms with Crippen molar-refractivity contribution in [3.63, 3.8) is 0 Å². The summed E-state index contributed by atoms with van der Waals surface area (Å²) < 4.78 is 0. The Hall–Kier alpha value is -1.96. The molecule has 0 heterocycles. The third kappa shape index (κ3) is 2.26. The number of nitrogen functional groups attached to an aromatic ring is 2. The van der Waals surface area contributed by atoms with E-state index >= 15 is 0 Å². The van der Waals surface area contributed by atoms with Gasteiger partial charge in [-0.2, -0.15) is 0 Å². The van der Waals surface area contributed by atoms with Gasteiger partial charge in [0.15, 0.2) is 0 Å².